The number of aliphatic hydroxyl groups excluding tert-OH is 1. The zero-order valence-electron chi connectivity index (χ0n) is 28.8. The number of amides is 3. The van der Waals surface area contributed by atoms with E-state index in [0.717, 1.165) is 48.2 Å². The van der Waals surface area contributed by atoms with E-state index in [-0.39, 0.29) is 43.8 Å². The molecule has 3 aromatic rings. The molecule has 3 aliphatic heterocycles. The van der Waals surface area contributed by atoms with Crippen LogP contribution in [0.25, 0.3) is 0 Å². The van der Waals surface area contributed by atoms with E-state index in [0.29, 0.717) is 25.1 Å². The summed E-state index contributed by atoms with van der Waals surface area (Å²) in [4.78, 5) is 46.5. The number of para-hydroxylation sites is 1. The summed E-state index contributed by atoms with van der Waals surface area (Å²) in [5, 5.41) is 9.78. The number of ether oxygens (including phenoxy) is 1. The molecule has 0 saturated carbocycles. The van der Waals surface area contributed by atoms with Crippen LogP contribution in [0.15, 0.2) is 78.9 Å². The molecule has 2 fully saturated rings. The molecule has 3 amide bonds. The first-order chi connectivity index (χ1) is 23.5. The first-order valence-corrected chi connectivity index (χ1v) is 20.6. The van der Waals surface area contributed by atoms with Gasteiger partial charge in [-0.15, -0.1) is 0 Å². The van der Waals surface area contributed by atoms with Crippen LogP contribution in [-0.4, -0.2) is 61.9 Å². The Labute approximate surface area is 290 Å². The lowest BCUT2D eigenvalue weighted by Gasteiger charge is -2.31. The van der Waals surface area contributed by atoms with Gasteiger partial charge in [0.15, 0.2) is 5.60 Å². The highest BCUT2D eigenvalue weighted by Gasteiger charge is 2.67. The SMILES string of the molecule is C[C@@H]1[C@@H]([Si](C)(C)F)[C@H](CC(=O)N(CCO)Cc2ccccc2)O[C@@]12C(=O)N(Cc1ccc(N3CCCCCCC3=O)cc1)c1ccccc12. The summed E-state index contributed by atoms with van der Waals surface area (Å²) in [7, 11) is -3.47. The fourth-order valence-electron chi connectivity index (χ4n) is 8.27. The van der Waals surface area contributed by atoms with Gasteiger partial charge in [0.05, 0.1) is 31.4 Å². The van der Waals surface area contributed by atoms with Gasteiger partial charge >= 0.3 is 0 Å². The number of rotatable bonds is 10. The van der Waals surface area contributed by atoms with Crippen molar-refractivity contribution in [3.63, 3.8) is 0 Å². The molecule has 0 aromatic heterocycles. The Morgan fingerprint density at radius 3 is 2.37 bits per heavy atom. The number of nitrogens with zero attached hydrogens (tertiary/aromatic N) is 3. The van der Waals surface area contributed by atoms with Crippen LogP contribution in [0, 0.1) is 5.92 Å². The number of aliphatic hydroxyl groups is 1. The first-order valence-electron chi connectivity index (χ1n) is 17.6. The maximum absolute atomic E-state index is 16.3. The molecular formula is C39H48FN3O5Si. The molecule has 2 saturated heterocycles. The van der Waals surface area contributed by atoms with Gasteiger partial charge in [0, 0.05) is 48.8 Å². The highest BCUT2D eigenvalue weighted by atomic mass is 28.4. The molecule has 0 radical (unpaired) electrons. The third kappa shape index (κ3) is 6.96. The summed E-state index contributed by atoms with van der Waals surface area (Å²) >= 11 is 0. The van der Waals surface area contributed by atoms with Crippen molar-refractivity contribution in [2.45, 2.75) is 88.9 Å². The molecule has 1 spiro atoms. The van der Waals surface area contributed by atoms with Gasteiger partial charge in [0.25, 0.3) is 5.91 Å². The van der Waals surface area contributed by atoms with Crippen molar-refractivity contribution in [3.8, 4) is 0 Å². The number of hydrogen-bond acceptors (Lipinski definition) is 5. The Bertz CT molecular complexity index is 1650. The third-order valence-electron chi connectivity index (χ3n) is 10.6. The molecule has 4 atom stereocenters. The summed E-state index contributed by atoms with van der Waals surface area (Å²) in [6.07, 6.45) is 3.76. The van der Waals surface area contributed by atoms with Crippen LogP contribution in [0.4, 0.5) is 15.5 Å². The van der Waals surface area contributed by atoms with Crippen molar-refractivity contribution in [1.82, 2.24) is 4.90 Å². The summed E-state index contributed by atoms with van der Waals surface area (Å²) < 4.78 is 23.1. The molecule has 8 nitrogen and oxygen atoms in total. The average Bonchev–Trinajstić information content (AvgIpc) is 3.50. The smallest absolute Gasteiger partial charge is 0.264 e. The summed E-state index contributed by atoms with van der Waals surface area (Å²) in [5.74, 6) is -0.869. The molecule has 49 heavy (non-hydrogen) atoms. The van der Waals surface area contributed by atoms with Gasteiger partial charge in [-0.3, -0.25) is 14.4 Å². The molecule has 260 valence electrons. The maximum atomic E-state index is 16.3. The lowest BCUT2D eigenvalue weighted by atomic mass is 9.82. The summed E-state index contributed by atoms with van der Waals surface area (Å²) in [6, 6.07) is 24.9. The van der Waals surface area contributed by atoms with E-state index < -0.39 is 31.6 Å². The van der Waals surface area contributed by atoms with Crippen molar-refractivity contribution in [3.05, 3.63) is 95.6 Å². The number of fused-ring (bicyclic) bond motifs is 2. The molecule has 3 aliphatic rings. The van der Waals surface area contributed by atoms with E-state index in [9.17, 15) is 19.5 Å². The lowest BCUT2D eigenvalue weighted by Crippen LogP contribution is -2.45. The molecular weight excluding hydrogens is 638 g/mol. The van der Waals surface area contributed by atoms with Gasteiger partial charge in [-0.05, 0) is 55.3 Å². The van der Waals surface area contributed by atoms with Crippen LogP contribution in [0.3, 0.4) is 0 Å². The fourth-order valence-corrected chi connectivity index (χ4v) is 10.8. The number of carbonyl (C=O) groups excluding carboxylic acids is 3. The highest BCUT2D eigenvalue weighted by molar-refractivity contribution is 6.72. The van der Waals surface area contributed by atoms with E-state index in [1.54, 1.807) is 22.9 Å². The van der Waals surface area contributed by atoms with Crippen molar-refractivity contribution in [1.29, 1.82) is 0 Å². The average molecular weight is 686 g/mol. The minimum absolute atomic E-state index is 0.0872. The van der Waals surface area contributed by atoms with Gasteiger partial charge < -0.3 is 28.7 Å². The summed E-state index contributed by atoms with van der Waals surface area (Å²) in [6.45, 7) is 6.40. The van der Waals surface area contributed by atoms with Gasteiger partial charge in [0.2, 0.25) is 20.2 Å². The van der Waals surface area contributed by atoms with Gasteiger partial charge in [-0.25, -0.2) is 0 Å². The Morgan fingerprint density at radius 1 is 0.959 bits per heavy atom. The molecule has 3 heterocycles. The second kappa shape index (κ2) is 14.5. The highest BCUT2D eigenvalue weighted by Crippen LogP contribution is 2.60. The lowest BCUT2D eigenvalue weighted by molar-refractivity contribution is -0.150. The number of carbonyl (C=O) groups is 3. The number of halogens is 1. The normalized spacial score (nSPS) is 24.2. The third-order valence-corrected chi connectivity index (χ3v) is 13.1. The van der Waals surface area contributed by atoms with Crippen LogP contribution >= 0.6 is 0 Å². The Hall–Kier alpha value is -3.86. The Balaban J connectivity index is 1.26. The first kappa shape index (κ1) is 35.0. The van der Waals surface area contributed by atoms with Gasteiger partial charge in [-0.2, -0.15) is 0 Å². The Morgan fingerprint density at radius 2 is 1.65 bits per heavy atom. The number of hydrogen-bond donors (Lipinski definition) is 1. The Kier molecular flexibility index (Phi) is 10.4. The zero-order chi connectivity index (χ0) is 34.8. The predicted molar refractivity (Wildman–Crippen MR) is 191 cm³/mol. The molecule has 0 aliphatic carbocycles. The largest absolute Gasteiger partial charge is 0.395 e. The zero-order valence-corrected chi connectivity index (χ0v) is 29.8. The minimum atomic E-state index is -3.47. The number of benzene rings is 3. The molecule has 1 N–H and O–H groups in total. The molecule has 0 bridgehead atoms. The van der Waals surface area contributed by atoms with Crippen LogP contribution in [-0.2, 0) is 37.8 Å². The van der Waals surface area contributed by atoms with Crippen LogP contribution in [0.2, 0.25) is 18.6 Å². The van der Waals surface area contributed by atoms with E-state index in [1.165, 1.54) is 0 Å². The van der Waals surface area contributed by atoms with Crippen molar-refractivity contribution < 1.29 is 28.3 Å². The van der Waals surface area contributed by atoms with Crippen LogP contribution < -0.4 is 9.80 Å². The second-order valence-corrected chi connectivity index (χ2v) is 18.1. The van der Waals surface area contributed by atoms with E-state index >= 15 is 4.11 Å². The topological polar surface area (TPSA) is 90.4 Å². The monoisotopic (exact) mass is 685 g/mol. The quantitative estimate of drug-likeness (QED) is 0.189. The van der Waals surface area contributed by atoms with E-state index in [1.807, 2.05) is 90.7 Å². The van der Waals surface area contributed by atoms with Crippen LogP contribution in [0.1, 0.15) is 62.1 Å². The van der Waals surface area contributed by atoms with Crippen molar-refractivity contribution in [2.75, 3.05) is 29.5 Å². The van der Waals surface area contributed by atoms with Gasteiger partial charge in [-0.1, -0.05) is 80.4 Å². The molecule has 0 unspecified atom stereocenters. The second-order valence-electron chi connectivity index (χ2n) is 14.3. The van der Waals surface area contributed by atoms with E-state index in [2.05, 4.69) is 0 Å². The molecule has 10 heteroatoms. The van der Waals surface area contributed by atoms with Crippen LogP contribution in [0.5, 0.6) is 0 Å². The fraction of sp³-hybridized carbons (Fsp3) is 0.462. The van der Waals surface area contributed by atoms with Gasteiger partial charge in [0.1, 0.15) is 0 Å². The predicted octanol–water partition coefficient (Wildman–Crippen LogP) is 6.72. The van der Waals surface area contributed by atoms with Crippen molar-refractivity contribution in [2.24, 2.45) is 5.92 Å². The molecule has 3 aromatic carbocycles. The number of anilines is 2. The van der Waals surface area contributed by atoms with Crippen molar-refractivity contribution >= 4 is 37.5 Å². The van der Waals surface area contributed by atoms with E-state index in [4.69, 9.17) is 4.74 Å². The summed E-state index contributed by atoms with van der Waals surface area (Å²) in [5.41, 5.74) is 2.06. The minimum Gasteiger partial charge on any atom is -0.395 e. The standard InChI is InChI=1S/C39H48FN3O5Si/c1-28-37(49(2,3)40)34(25-36(46)41(23-24-44)26-29-13-7-6-8-14-29)48-39(28)32-15-10-11-16-33(32)43(38(39)47)27-30-18-20-31(21-19-30)42-22-12-5-4-9-17-35(42)45/h6-8,10-11,13-16,18-21,28,34,37,44H,4-5,9,12,17,22-27H2,1-3H3/t28-,34+,37-,39+/m1/s1. The maximum Gasteiger partial charge on any atom is 0.264 e. The molecule has 6 rings (SSSR count).